The summed E-state index contributed by atoms with van der Waals surface area (Å²) in [6.07, 6.45) is 3.02. The van der Waals surface area contributed by atoms with E-state index in [1.54, 1.807) is 11.3 Å². The first kappa shape index (κ1) is 19.5. The molecule has 2 aliphatic rings. The van der Waals surface area contributed by atoms with Gasteiger partial charge in [0.1, 0.15) is 10.7 Å². The standard InChI is InChI=1S/C20H23FN2O3S2/c21-18-5-1-2-6-19(18)28(25,26)22-11-9-15(10-12-22)20(24)23(16-7-8-16)14-17-4-3-13-27-17/h1-6,13,15-16H,7-12,14H2. The van der Waals surface area contributed by atoms with E-state index in [2.05, 4.69) is 0 Å². The Morgan fingerprint density at radius 3 is 2.43 bits per heavy atom. The Morgan fingerprint density at radius 1 is 1.11 bits per heavy atom. The molecule has 4 rings (SSSR count). The van der Waals surface area contributed by atoms with Gasteiger partial charge >= 0.3 is 0 Å². The molecule has 0 bridgehead atoms. The second-order valence-electron chi connectivity index (χ2n) is 7.39. The number of carbonyl (C=O) groups is 1. The number of thiophene rings is 1. The van der Waals surface area contributed by atoms with Crippen LogP contribution >= 0.6 is 11.3 Å². The van der Waals surface area contributed by atoms with E-state index in [-0.39, 0.29) is 29.8 Å². The van der Waals surface area contributed by atoms with Gasteiger partial charge in [0.25, 0.3) is 0 Å². The van der Waals surface area contributed by atoms with Crippen molar-refractivity contribution in [3.63, 3.8) is 0 Å². The lowest BCUT2D eigenvalue weighted by Crippen LogP contribution is -2.44. The number of amides is 1. The van der Waals surface area contributed by atoms with Crippen LogP contribution in [0.15, 0.2) is 46.7 Å². The largest absolute Gasteiger partial charge is 0.334 e. The van der Waals surface area contributed by atoms with Crippen molar-refractivity contribution in [3.05, 3.63) is 52.5 Å². The third kappa shape index (κ3) is 3.99. The van der Waals surface area contributed by atoms with Crippen molar-refractivity contribution in [1.82, 2.24) is 9.21 Å². The van der Waals surface area contributed by atoms with Crippen molar-refractivity contribution < 1.29 is 17.6 Å². The van der Waals surface area contributed by atoms with Gasteiger partial charge in [-0.1, -0.05) is 18.2 Å². The highest BCUT2D eigenvalue weighted by Crippen LogP contribution is 2.33. The molecule has 1 aliphatic heterocycles. The van der Waals surface area contributed by atoms with Crippen molar-refractivity contribution in [1.29, 1.82) is 0 Å². The highest BCUT2D eigenvalue weighted by Gasteiger charge is 2.39. The molecule has 0 atom stereocenters. The van der Waals surface area contributed by atoms with E-state index in [0.717, 1.165) is 18.9 Å². The highest BCUT2D eigenvalue weighted by atomic mass is 32.2. The van der Waals surface area contributed by atoms with Crippen molar-refractivity contribution in [3.8, 4) is 0 Å². The summed E-state index contributed by atoms with van der Waals surface area (Å²) in [6.45, 7) is 1.12. The Balaban J connectivity index is 1.42. The van der Waals surface area contributed by atoms with E-state index in [1.807, 2.05) is 22.4 Å². The molecule has 8 heteroatoms. The monoisotopic (exact) mass is 422 g/mol. The lowest BCUT2D eigenvalue weighted by molar-refractivity contribution is -0.138. The predicted octanol–water partition coefficient (Wildman–Crippen LogP) is 3.48. The number of rotatable bonds is 6. The summed E-state index contributed by atoms with van der Waals surface area (Å²) in [6, 6.07) is 9.77. The maximum atomic E-state index is 14.0. The molecule has 2 aromatic rings. The molecule has 1 saturated heterocycles. The van der Waals surface area contributed by atoms with Gasteiger partial charge in [-0.05, 0) is 49.3 Å². The molecule has 2 fully saturated rings. The molecule has 1 saturated carbocycles. The molecular formula is C20H23FN2O3S2. The van der Waals surface area contributed by atoms with E-state index < -0.39 is 15.8 Å². The summed E-state index contributed by atoms with van der Waals surface area (Å²) in [5, 5.41) is 2.01. The zero-order valence-electron chi connectivity index (χ0n) is 15.5. The van der Waals surface area contributed by atoms with Crippen LogP contribution in [0.1, 0.15) is 30.6 Å². The van der Waals surface area contributed by atoms with E-state index in [4.69, 9.17) is 0 Å². The van der Waals surface area contributed by atoms with Crippen LogP contribution in [0.4, 0.5) is 4.39 Å². The molecule has 1 aliphatic carbocycles. The summed E-state index contributed by atoms with van der Waals surface area (Å²) in [4.78, 5) is 15.9. The molecule has 150 valence electrons. The molecule has 1 aromatic carbocycles. The second-order valence-corrected chi connectivity index (χ2v) is 10.3. The molecule has 0 radical (unpaired) electrons. The first-order chi connectivity index (χ1) is 13.5. The molecule has 0 spiro atoms. The van der Waals surface area contributed by atoms with Gasteiger partial charge in [0, 0.05) is 29.9 Å². The molecule has 1 aromatic heterocycles. The fourth-order valence-corrected chi connectivity index (χ4v) is 5.95. The van der Waals surface area contributed by atoms with Gasteiger partial charge in [-0.3, -0.25) is 4.79 Å². The number of halogens is 1. The summed E-state index contributed by atoms with van der Waals surface area (Å²) in [5.41, 5.74) is 0. The number of sulfonamides is 1. The first-order valence-electron chi connectivity index (χ1n) is 9.54. The first-order valence-corrected chi connectivity index (χ1v) is 11.9. The van der Waals surface area contributed by atoms with E-state index in [9.17, 15) is 17.6 Å². The topological polar surface area (TPSA) is 57.7 Å². The minimum atomic E-state index is -3.87. The Morgan fingerprint density at radius 2 is 1.82 bits per heavy atom. The zero-order chi connectivity index (χ0) is 19.7. The quantitative estimate of drug-likeness (QED) is 0.716. The number of hydrogen-bond acceptors (Lipinski definition) is 4. The van der Waals surface area contributed by atoms with E-state index in [0.29, 0.717) is 25.4 Å². The van der Waals surface area contributed by atoms with Crippen molar-refractivity contribution >= 4 is 27.3 Å². The average Bonchev–Trinajstić information content (AvgIpc) is 3.41. The van der Waals surface area contributed by atoms with Gasteiger partial charge in [0.15, 0.2) is 0 Å². The van der Waals surface area contributed by atoms with Crippen molar-refractivity contribution in [2.45, 2.75) is 43.2 Å². The Kier molecular flexibility index (Phi) is 5.53. The van der Waals surface area contributed by atoms with Gasteiger partial charge in [0.05, 0.1) is 6.54 Å². The number of carbonyl (C=O) groups excluding carboxylic acids is 1. The molecule has 0 N–H and O–H groups in total. The highest BCUT2D eigenvalue weighted by molar-refractivity contribution is 7.89. The lowest BCUT2D eigenvalue weighted by atomic mass is 9.96. The van der Waals surface area contributed by atoms with E-state index >= 15 is 0 Å². The summed E-state index contributed by atoms with van der Waals surface area (Å²) in [7, 11) is -3.87. The average molecular weight is 423 g/mol. The summed E-state index contributed by atoms with van der Waals surface area (Å²) < 4.78 is 40.7. The van der Waals surface area contributed by atoms with Crippen LogP contribution in [0.3, 0.4) is 0 Å². The minimum Gasteiger partial charge on any atom is -0.334 e. The third-order valence-electron chi connectivity index (χ3n) is 5.43. The lowest BCUT2D eigenvalue weighted by Gasteiger charge is -2.33. The number of hydrogen-bond donors (Lipinski definition) is 0. The number of benzene rings is 1. The second kappa shape index (κ2) is 7.93. The molecule has 5 nitrogen and oxygen atoms in total. The van der Waals surface area contributed by atoms with Gasteiger partial charge in [-0.25, -0.2) is 12.8 Å². The predicted molar refractivity (Wildman–Crippen MR) is 106 cm³/mol. The van der Waals surface area contributed by atoms with Gasteiger partial charge in [0.2, 0.25) is 15.9 Å². The Bertz CT molecular complexity index is 934. The van der Waals surface area contributed by atoms with Crippen LogP contribution in [0.2, 0.25) is 0 Å². The molecule has 28 heavy (non-hydrogen) atoms. The van der Waals surface area contributed by atoms with Crippen LogP contribution in [0.25, 0.3) is 0 Å². The Labute approximate surface area is 168 Å². The SMILES string of the molecule is O=C(C1CCN(S(=O)(=O)c2ccccc2F)CC1)N(Cc1cccs1)C1CC1. The van der Waals surface area contributed by atoms with Crippen LogP contribution in [-0.4, -0.2) is 42.7 Å². The summed E-state index contributed by atoms with van der Waals surface area (Å²) >= 11 is 1.65. The molecule has 0 unspecified atom stereocenters. The van der Waals surface area contributed by atoms with E-state index in [1.165, 1.54) is 27.4 Å². The number of nitrogens with zero attached hydrogens (tertiary/aromatic N) is 2. The molecule has 2 heterocycles. The third-order valence-corrected chi connectivity index (χ3v) is 8.23. The molecule has 1 amide bonds. The van der Waals surface area contributed by atoms with Crippen LogP contribution < -0.4 is 0 Å². The zero-order valence-corrected chi connectivity index (χ0v) is 17.1. The maximum absolute atomic E-state index is 14.0. The van der Waals surface area contributed by atoms with Gasteiger partial charge < -0.3 is 4.90 Å². The smallest absolute Gasteiger partial charge is 0.245 e. The normalized spacial score (nSPS) is 18.9. The van der Waals surface area contributed by atoms with Gasteiger partial charge in [-0.15, -0.1) is 11.3 Å². The van der Waals surface area contributed by atoms with Crippen LogP contribution in [0, 0.1) is 11.7 Å². The summed E-state index contributed by atoms with van der Waals surface area (Å²) in [5.74, 6) is -0.789. The fraction of sp³-hybridized carbons (Fsp3) is 0.450. The van der Waals surface area contributed by atoms with Crippen molar-refractivity contribution in [2.75, 3.05) is 13.1 Å². The van der Waals surface area contributed by atoms with Gasteiger partial charge in [-0.2, -0.15) is 4.31 Å². The molecular weight excluding hydrogens is 399 g/mol. The maximum Gasteiger partial charge on any atom is 0.245 e. The number of piperidine rings is 1. The van der Waals surface area contributed by atoms with Crippen LogP contribution in [0.5, 0.6) is 0 Å². The minimum absolute atomic E-state index is 0.124. The fourth-order valence-electron chi connectivity index (χ4n) is 3.71. The van der Waals surface area contributed by atoms with Crippen LogP contribution in [-0.2, 0) is 21.4 Å². The Hall–Kier alpha value is -1.77. The van der Waals surface area contributed by atoms with Crippen molar-refractivity contribution in [2.24, 2.45) is 5.92 Å².